The lowest BCUT2D eigenvalue weighted by molar-refractivity contribution is 0.174. The molecular formula is C17H14N4O2S. The van der Waals surface area contributed by atoms with Crippen molar-refractivity contribution in [2.75, 3.05) is 12.1 Å². The summed E-state index contributed by atoms with van der Waals surface area (Å²) in [5.41, 5.74) is 2.85. The molecule has 0 fully saturated rings. The minimum absolute atomic E-state index is 0.276. The van der Waals surface area contributed by atoms with Crippen LogP contribution in [0.15, 0.2) is 48.9 Å². The fourth-order valence-corrected chi connectivity index (χ4v) is 2.66. The highest BCUT2D eigenvalue weighted by Gasteiger charge is 2.13. The van der Waals surface area contributed by atoms with Crippen LogP contribution in [0.2, 0.25) is 0 Å². The number of benzene rings is 2. The summed E-state index contributed by atoms with van der Waals surface area (Å²) < 4.78 is 10.7. The predicted molar refractivity (Wildman–Crippen MR) is 95.2 cm³/mol. The molecule has 0 atom stereocenters. The smallest absolute Gasteiger partial charge is 0.231 e. The van der Waals surface area contributed by atoms with Crippen molar-refractivity contribution < 1.29 is 9.47 Å². The average Bonchev–Trinajstić information content (AvgIpc) is 3.07. The van der Waals surface area contributed by atoms with Crippen molar-refractivity contribution in [3.05, 3.63) is 54.5 Å². The molecule has 0 spiro atoms. The van der Waals surface area contributed by atoms with Gasteiger partial charge in [0.25, 0.3) is 0 Å². The van der Waals surface area contributed by atoms with Gasteiger partial charge in [0.2, 0.25) is 6.79 Å². The van der Waals surface area contributed by atoms with Gasteiger partial charge in [-0.2, -0.15) is 0 Å². The molecule has 6 nitrogen and oxygen atoms in total. The Morgan fingerprint density at radius 2 is 2.04 bits per heavy atom. The van der Waals surface area contributed by atoms with Crippen LogP contribution < -0.4 is 20.1 Å². The highest BCUT2D eigenvalue weighted by Crippen LogP contribution is 2.32. The van der Waals surface area contributed by atoms with Crippen LogP contribution in [0.1, 0.15) is 5.56 Å². The van der Waals surface area contributed by atoms with Gasteiger partial charge in [0.1, 0.15) is 6.33 Å². The maximum Gasteiger partial charge on any atom is 0.231 e. The molecule has 24 heavy (non-hydrogen) atoms. The fraction of sp³-hybridized carbons (Fsp3) is 0.118. The molecule has 0 amide bonds. The topological polar surface area (TPSA) is 68.3 Å². The van der Waals surface area contributed by atoms with E-state index >= 15 is 0 Å². The molecule has 0 saturated heterocycles. The first kappa shape index (κ1) is 14.6. The summed E-state index contributed by atoms with van der Waals surface area (Å²) in [6.07, 6.45) is 3.31. The number of fused-ring (bicyclic) bond motifs is 2. The third-order valence-corrected chi connectivity index (χ3v) is 3.90. The molecule has 0 bridgehead atoms. The SMILES string of the molecule is S=C(NCc1ccc2c(c1)OCO2)Nc1ccc2ncncc2c1. The van der Waals surface area contributed by atoms with E-state index in [-0.39, 0.29) is 6.79 Å². The van der Waals surface area contributed by atoms with Crippen LogP contribution in [0.25, 0.3) is 10.9 Å². The standard InChI is InChI=1S/C17H14N4O2S/c24-17(19-7-11-1-4-15-16(5-11)23-10-22-15)21-13-2-3-14-12(6-13)8-18-9-20-14/h1-6,8-9H,7,10H2,(H2,19,21,24). The summed E-state index contributed by atoms with van der Waals surface area (Å²) in [5.74, 6) is 1.54. The van der Waals surface area contributed by atoms with Gasteiger partial charge in [-0.15, -0.1) is 0 Å². The molecule has 3 aromatic rings. The van der Waals surface area contributed by atoms with E-state index in [2.05, 4.69) is 20.6 Å². The first-order chi connectivity index (χ1) is 11.8. The van der Waals surface area contributed by atoms with E-state index in [0.717, 1.165) is 33.7 Å². The van der Waals surface area contributed by atoms with Gasteiger partial charge >= 0.3 is 0 Å². The molecule has 0 aliphatic carbocycles. The van der Waals surface area contributed by atoms with E-state index < -0.39 is 0 Å². The molecule has 1 aromatic heterocycles. The van der Waals surface area contributed by atoms with E-state index in [0.29, 0.717) is 11.7 Å². The zero-order chi connectivity index (χ0) is 16.4. The van der Waals surface area contributed by atoms with Gasteiger partial charge in [-0.25, -0.2) is 9.97 Å². The van der Waals surface area contributed by atoms with Crippen molar-refractivity contribution in [2.45, 2.75) is 6.54 Å². The lowest BCUT2D eigenvalue weighted by Crippen LogP contribution is -2.27. The third-order valence-electron chi connectivity index (χ3n) is 3.65. The molecule has 120 valence electrons. The largest absolute Gasteiger partial charge is 0.454 e. The van der Waals surface area contributed by atoms with Crippen LogP contribution in [-0.4, -0.2) is 21.9 Å². The normalized spacial score (nSPS) is 12.2. The van der Waals surface area contributed by atoms with E-state index in [1.807, 2.05) is 36.4 Å². The number of hydrogen-bond donors (Lipinski definition) is 2. The van der Waals surface area contributed by atoms with Crippen LogP contribution >= 0.6 is 12.2 Å². The molecule has 0 unspecified atom stereocenters. The van der Waals surface area contributed by atoms with Crippen molar-refractivity contribution >= 4 is 33.9 Å². The van der Waals surface area contributed by atoms with E-state index in [1.165, 1.54) is 6.33 Å². The molecule has 2 heterocycles. The Morgan fingerprint density at radius 1 is 1.12 bits per heavy atom. The molecule has 4 rings (SSSR count). The van der Waals surface area contributed by atoms with Crippen LogP contribution in [0, 0.1) is 0 Å². The zero-order valence-electron chi connectivity index (χ0n) is 12.7. The minimum atomic E-state index is 0.276. The van der Waals surface area contributed by atoms with Gasteiger partial charge in [-0.05, 0) is 48.1 Å². The van der Waals surface area contributed by atoms with Crippen molar-refractivity contribution in [2.24, 2.45) is 0 Å². The van der Waals surface area contributed by atoms with Gasteiger partial charge in [0.05, 0.1) is 5.52 Å². The van der Waals surface area contributed by atoms with Crippen LogP contribution in [-0.2, 0) is 6.54 Å². The highest BCUT2D eigenvalue weighted by atomic mass is 32.1. The number of rotatable bonds is 3. The van der Waals surface area contributed by atoms with Gasteiger partial charge in [-0.3, -0.25) is 0 Å². The summed E-state index contributed by atoms with van der Waals surface area (Å²) in [6, 6.07) is 11.7. The Labute approximate surface area is 143 Å². The predicted octanol–water partition coefficient (Wildman–Crippen LogP) is 2.85. The van der Waals surface area contributed by atoms with E-state index in [1.54, 1.807) is 6.20 Å². The fourth-order valence-electron chi connectivity index (χ4n) is 2.47. The first-order valence-electron chi connectivity index (χ1n) is 7.41. The Morgan fingerprint density at radius 3 is 3.00 bits per heavy atom. The average molecular weight is 338 g/mol. The Bertz CT molecular complexity index is 916. The number of aromatic nitrogens is 2. The number of thiocarbonyl (C=S) groups is 1. The Kier molecular flexibility index (Phi) is 3.84. The minimum Gasteiger partial charge on any atom is -0.454 e. The van der Waals surface area contributed by atoms with Crippen molar-refractivity contribution in [1.82, 2.24) is 15.3 Å². The third kappa shape index (κ3) is 3.07. The molecule has 2 N–H and O–H groups in total. The molecule has 7 heteroatoms. The second-order valence-corrected chi connectivity index (χ2v) is 5.70. The molecule has 1 aliphatic rings. The summed E-state index contributed by atoms with van der Waals surface area (Å²) in [6.45, 7) is 0.872. The molecule has 1 aliphatic heterocycles. The van der Waals surface area contributed by atoms with Crippen LogP contribution in [0.5, 0.6) is 11.5 Å². The maximum absolute atomic E-state index is 5.37. The number of nitrogens with one attached hydrogen (secondary N) is 2. The molecule has 0 saturated carbocycles. The lowest BCUT2D eigenvalue weighted by atomic mass is 10.2. The van der Waals surface area contributed by atoms with Gasteiger partial charge < -0.3 is 20.1 Å². The van der Waals surface area contributed by atoms with E-state index in [4.69, 9.17) is 21.7 Å². The summed E-state index contributed by atoms with van der Waals surface area (Å²) >= 11 is 5.35. The maximum atomic E-state index is 5.37. The molecule has 2 aromatic carbocycles. The van der Waals surface area contributed by atoms with Crippen molar-refractivity contribution in [1.29, 1.82) is 0 Å². The van der Waals surface area contributed by atoms with Crippen molar-refractivity contribution in [3.8, 4) is 11.5 Å². The first-order valence-corrected chi connectivity index (χ1v) is 7.82. The number of hydrogen-bond acceptors (Lipinski definition) is 5. The monoisotopic (exact) mass is 338 g/mol. The molecular weight excluding hydrogens is 324 g/mol. The van der Waals surface area contributed by atoms with E-state index in [9.17, 15) is 0 Å². The van der Waals surface area contributed by atoms with Gasteiger partial charge in [0.15, 0.2) is 16.6 Å². The number of anilines is 1. The quantitative estimate of drug-likeness (QED) is 0.712. The second-order valence-electron chi connectivity index (χ2n) is 5.29. The van der Waals surface area contributed by atoms with Crippen LogP contribution in [0.3, 0.4) is 0 Å². The number of nitrogens with zero attached hydrogens (tertiary/aromatic N) is 2. The second kappa shape index (κ2) is 6.29. The zero-order valence-corrected chi connectivity index (χ0v) is 13.5. The lowest BCUT2D eigenvalue weighted by Gasteiger charge is -2.11. The van der Waals surface area contributed by atoms with Gasteiger partial charge in [-0.1, -0.05) is 6.07 Å². The Hall–Kier alpha value is -2.93. The highest BCUT2D eigenvalue weighted by molar-refractivity contribution is 7.80. The van der Waals surface area contributed by atoms with Gasteiger partial charge in [0, 0.05) is 23.8 Å². The molecule has 0 radical (unpaired) electrons. The number of ether oxygens (including phenoxy) is 2. The summed E-state index contributed by atoms with van der Waals surface area (Å²) in [5, 5.41) is 7.85. The van der Waals surface area contributed by atoms with Crippen molar-refractivity contribution in [3.63, 3.8) is 0 Å². The summed E-state index contributed by atoms with van der Waals surface area (Å²) in [4.78, 5) is 8.22. The summed E-state index contributed by atoms with van der Waals surface area (Å²) in [7, 11) is 0. The Balaban J connectivity index is 1.39. The van der Waals surface area contributed by atoms with Crippen LogP contribution in [0.4, 0.5) is 5.69 Å².